The second kappa shape index (κ2) is 13.2. The van der Waals surface area contributed by atoms with Crippen LogP contribution in [0.5, 0.6) is 0 Å². The number of hydrogen-bond donors (Lipinski definition) is 0. The fourth-order valence-corrected chi connectivity index (χ4v) is 8.76. The summed E-state index contributed by atoms with van der Waals surface area (Å²) < 4.78 is 2.54. The summed E-state index contributed by atoms with van der Waals surface area (Å²) in [4.78, 5) is 2.45. The van der Waals surface area contributed by atoms with Crippen molar-refractivity contribution >= 4 is 71.2 Å². The quantitative estimate of drug-likeness (QED) is 0.156. The van der Waals surface area contributed by atoms with Crippen LogP contribution in [0.25, 0.3) is 82.1 Å². The molecule has 1 heterocycles. The smallest absolute Gasteiger partial charge is 0.0640 e. The molecule has 56 heavy (non-hydrogen) atoms. The number of hydrogen-bond acceptors (Lipinski definition) is 1. The van der Waals surface area contributed by atoms with Gasteiger partial charge in [-0.05, 0) is 92.3 Å². The van der Waals surface area contributed by atoms with Crippen molar-refractivity contribution in [1.82, 2.24) is 4.57 Å². The highest BCUT2D eigenvalue weighted by Gasteiger charge is 2.25. The predicted octanol–water partition coefficient (Wildman–Crippen LogP) is 15.0. The van der Waals surface area contributed by atoms with Crippen molar-refractivity contribution in [1.29, 1.82) is 0 Å². The summed E-state index contributed by atoms with van der Waals surface area (Å²) in [5, 5.41) is 9.79. The normalized spacial score (nSPS) is 11.6. The zero-order valence-electron chi connectivity index (χ0n) is 30.7. The van der Waals surface area contributed by atoms with E-state index in [4.69, 9.17) is 0 Å². The fraction of sp³-hybridized carbons (Fsp3) is 0. The Morgan fingerprint density at radius 1 is 0.321 bits per heavy atom. The lowest BCUT2D eigenvalue weighted by Crippen LogP contribution is -2.10. The van der Waals surface area contributed by atoms with Crippen LogP contribution >= 0.6 is 0 Å². The van der Waals surface area contributed by atoms with E-state index in [2.05, 4.69) is 228 Å². The van der Waals surface area contributed by atoms with E-state index in [1.54, 1.807) is 0 Å². The standard InChI is InChI=1S/C54H36N2/c1-4-16-37(17-5-1)39-28-31-44(32-29-39)55(43-22-8-3-9-23-43)52-36-42-21-11-13-25-46(42)54-53(52)49-34-40(38-18-6-2-7-19-38)30-33-50(49)56(54)51-35-41-20-10-12-24-45(41)47-26-14-15-27-48(47)51/h1-36H. The molecule has 0 saturated heterocycles. The van der Waals surface area contributed by atoms with Crippen LogP contribution in [0, 0.1) is 0 Å². The van der Waals surface area contributed by atoms with Crippen molar-refractivity contribution in [2.75, 3.05) is 4.90 Å². The number of aromatic nitrogens is 1. The van der Waals surface area contributed by atoms with Crippen molar-refractivity contribution in [2.45, 2.75) is 0 Å². The van der Waals surface area contributed by atoms with Crippen molar-refractivity contribution in [3.05, 3.63) is 218 Å². The molecule has 0 radical (unpaired) electrons. The van der Waals surface area contributed by atoms with Gasteiger partial charge in [0.25, 0.3) is 0 Å². The molecular formula is C54H36N2. The van der Waals surface area contributed by atoms with Gasteiger partial charge in [0.15, 0.2) is 0 Å². The molecule has 0 bridgehead atoms. The third kappa shape index (κ3) is 5.19. The SMILES string of the molecule is c1ccc(-c2ccc(N(c3ccccc3)c3cc4ccccc4c4c3c3cc(-c5ccccc5)ccc3n4-c3cc4ccccc4c4ccccc34)cc2)cc1. The van der Waals surface area contributed by atoms with Crippen LogP contribution in [-0.2, 0) is 0 Å². The van der Waals surface area contributed by atoms with E-state index in [1.165, 1.54) is 82.1 Å². The highest BCUT2D eigenvalue weighted by atomic mass is 15.1. The minimum atomic E-state index is 1.10. The predicted molar refractivity (Wildman–Crippen MR) is 239 cm³/mol. The van der Waals surface area contributed by atoms with Crippen LogP contribution in [0.4, 0.5) is 17.1 Å². The first kappa shape index (κ1) is 32.0. The second-order valence-electron chi connectivity index (χ2n) is 14.5. The van der Waals surface area contributed by atoms with Gasteiger partial charge in [0.2, 0.25) is 0 Å². The van der Waals surface area contributed by atoms with Gasteiger partial charge < -0.3 is 9.47 Å². The maximum atomic E-state index is 2.54. The van der Waals surface area contributed by atoms with E-state index in [0.29, 0.717) is 0 Å². The molecule has 0 spiro atoms. The van der Waals surface area contributed by atoms with Gasteiger partial charge in [0.1, 0.15) is 0 Å². The van der Waals surface area contributed by atoms with Crippen LogP contribution in [0.3, 0.4) is 0 Å². The Morgan fingerprint density at radius 3 is 1.52 bits per heavy atom. The molecule has 1 aromatic heterocycles. The minimum Gasteiger partial charge on any atom is -0.310 e. The number of anilines is 3. The lowest BCUT2D eigenvalue weighted by atomic mass is 9.99. The molecule has 0 N–H and O–H groups in total. The molecule has 262 valence electrons. The zero-order valence-corrected chi connectivity index (χ0v) is 30.7. The third-order valence-electron chi connectivity index (χ3n) is 11.3. The first-order valence-electron chi connectivity index (χ1n) is 19.3. The molecule has 0 unspecified atom stereocenters. The Balaban J connectivity index is 1.30. The van der Waals surface area contributed by atoms with Crippen molar-refractivity contribution in [3.8, 4) is 27.9 Å². The summed E-state index contributed by atoms with van der Waals surface area (Å²) in [6.45, 7) is 0. The summed E-state index contributed by atoms with van der Waals surface area (Å²) in [5.41, 5.74) is 11.7. The van der Waals surface area contributed by atoms with Crippen molar-refractivity contribution in [3.63, 3.8) is 0 Å². The van der Waals surface area contributed by atoms with Gasteiger partial charge >= 0.3 is 0 Å². The summed E-state index contributed by atoms with van der Waals surface area (Å²) in [6, 6.07) is 79.5. The van der Waals surface area contributed by atoms with E-state index in [-0.39, 0.29) is 0 Å². The summed E-state index contributed by atoms with van der Waals surface area (Å²) in [5.74, 6) is 0. The Labute approximate surface area is 325 Å². The average Bonchev–Trinajstić information content (AvgIpc) is 3.62. The van der Waals surface area contributed by atoms with E-state index in [9.17, 15) is 0 Å². The number of benzene rings is 10. The van der Waals surface area contributed by atoms with Crippen LogP contribution in [0.15, 0.2) is 218 Å². The fourth-order valence-electron chi connectivity index (χ4n) is 8.76. The highest BCUT2D eigenvalue weighted by molar-refractivity contribution is 6.26. The van der Waals surface area contributed by atoms with Gasteiger partial charge in [0.05, 0.1) is 22.4 Å². The molecule has 11 aromatic rings. The number of rotatable bonds is 6. The summed E-state index contributed by atoms with van der Waals surface area (Å²) >= 11 is 0. The first-order chi connectivity index (χ1) is 27.8. The molecular weight excluding hydrogens is 677 g/mol. The number of fused-ring (bicyclic) bond motifs is 8. The molecule has 2 nitrogen and oxygen atoms in total. The van der Waals surface area contributed by atoms with Crippen LogP contribution in [0.1, 0.15) is 0 Å². The Morgan fingerprint density at radius 2 is 0.821 bits per heavy atom. The highest BCUT2D eigenvalue weighted by Crippen LogP contribution is 2.48. The van der Waals surface area contributed by atoms with Gasteiger partial charge in [-0.3, -0.25) is 0 Å². The van der Waals surface area contributed by atoms with E-state index < -0.39 is 0 Å². The van der Waals surface area contributed by atoms with E-state index in [1.807, 2.05) is 0 Å². The van der Waals surface area contributed by atoms with Crippen molar-refractivity contribution < 1.29 is 0 Å². The monoisotopic (exact) mass is 712 g/mol. The molecule has 0 aliphatic rings. The Hall–Kier alpha value is -7.42. The van der Waals surface area contributed by atoms with Gasteiger partial charge in [-0.25, -0.2) is 0 Å². The molecule has 0 aliphatic heterocycles. The summed E-state index contributed by atoms with van der Waals surface area (Å²) in [6.07, 6.45) is 0. The maximum absolute atomic E-state index is 2.54. The second-order valence-corrected chi connectivity index (χ2v) is 14.5. The molecule has 0 saturated carbocycles. The lowest BCUT2D eigenvalue weighted by molar-refractivity contribution is 1.21. The minimum absolute atomic E-state index is 1.10. The van der Waals surface area contributed by atoms with Crippen LogP contribution < -0.4 is 4.90 Å². The molecule has 2 heteroatoms. The van der Waals surface area contributed by atoms with Crippen molar-refractivity contribution in [2.24, 2.45) is 0 Å². The Bertz CT molecular complexity index is 3220. The number of nitrogens with zero attached hydrogens (tertiary/aromatic N) is 2. The first-order valence-corrected chi connectivity index (χ1v) is 19.3. The average molecular weight is 713 g/mol. The van der Waals surface area contributed by atoms with E-state index >= 15 is 0 Å². The van der Waals surface area contributed by atoms with Crippen LogP contribution in [0.2, 0.25) is 0 Å². The molecule has 11 rings (SSSR count). The molecule has 0 amide bonds. The topological polar surface area (TPSA) is 8.17 Å². The third-order valence-corrected chi connectivity index (χ3v) is 11.3. The summed E-state index contributed by atoms with van der Waals surface area (Å²) in [7, 11) is 0. The van der Waals surface area contributed by atoms with Gasteiger partial charge in [0, 0.05) is 32.9 Å². The molecule has 0 fully saturated rings. The molecule has 0 aliphatic carbocycles. The molecule has 10 aromatic carbocycles. The Kier molecular flexibility index (Phi) is 7.53. The lowest BCUT2D eigenvalue weighted by Gasteiger charge is -2.27. The largest absolute Gasteiger partial charge is 0.310 e. The van der Waals surface area contributed by atoms with E-state index in [0.717, 1.165) is 17.1 Å². The van der Waals surface area contributed by atoms with Gasteiger partial charge in [-0.15, -0.1) is 0 Å². The molecule has 0 atom stereocenters. The maximum Gasteiger partial charge on any atom is 0.0640 e. The zero-order chi connectivity index (χ0) is 37.0. The van der Waals surface area contributed by atoms with Gasteiger partial charge in [-0.1, -0.05) is 170 Å². The van der Waals surface area contributed by atoms with Gasteiger partial charge in [-0.2, -0.15) is 0 Å². The number of para-hydroxylation sites is 1. The van der Waals surface area contributed by atoms with Crippen LogP contribution in [-0.4, -0.2) is 4.57 Å².